The highest BCUT2D eigenvalue weighted by atomic mass is 16.5. The first-order valence-corrected chi connectivity index (χ1v) is 40.2. The maximum absolute atomic E-state index is 13.4. The second-order valence-corrected chi connectivity index (χ2v) is 40.6. The minimum absolute atomic E-state index is 0.0885. The molecule has 2 aliphatic rings. The van der Waals surface area contributed by atoms with Crippen LogP contribution >= 0.6 is 0 Å². The molecular weight excluding hydrogens is 1380 g/mol. The number of benzene rings is 10. The molecule has 10 nitrogen and oxygen atoms in total. The van der Waals surface area contributed by atoms with Crippen LogP contribution in [0.15, 0.2) is 156 Å². The molecule has 0 amide bonds. The summed E-state index contributed by atoms with van der Waals surface area (Å²) in [4.78, 5) is 0. The third-order valence-corrected chi connectivity index (χ3v) is 22.9. The van der Waals surface area contributed by atoms with Gasteiger partial charge in [-0.15, -0.1) is 0 Å². The van der Waals surface area contributed by atoms with Crippen LogP contribution in [0, 0.1) is 0 Å². The molecule has 10 aromatic carbocycles. The van der Waals surface area contributed by atoms with Gasteiger partial charge in [0.2, 0.25) is 0 Å². The lowest BCUT2D eigenvalue weighted by molar-refractivity contribution is 0.300. The van der Waals surface area contributed by atoms with E-state index in [0.29, 0.717) is 89.6 Å². The molecule has 0 radical (unpaired) electrons. The van der Waals surface area contributed by atoms with Crippen LogP contribution in [0.4, 0.5) is 11.4 Å². The molecule has 0 unspecified atom stereocenters. The van der Waals surface area contributed by atoms with Crippen molar-refractivity contribution in [1.29, 1.82) is 0 Å². The number of fused-ring (bicyclic) bond motifs is 12. The normalized spacial score (nSPS) is 14.4. The number of phenolic OH excluding ortho intramolecular Hbond substituents is 6. The average molecular weight is 1500 g/mol. The number of nitrogens with zero attached hydrogens (tertiary/aromatic N) is 2. The number of azo groups is 1. The Morgan fingerprint density at radius 2 is 0.366 bits per heavy atom. The Kier molecular flexibility index (Phi) is 21.8. The Labute approximate surface area is 668 Å². The van der Waals surface area contributed by atoms with Crippen molar-refractivity contribution < 1.29 is 40.1 Å². The lowest BCUT2D eigenvalue weighted by atomic mass is 9.79. The summed E-state index contributed by atoms with van der Waals surface area (Å²) in [5, 5.41) is 89.3. The van der Waals surface area contributed by atoms with Gasteiger partial charge in [0.1, 0.15) is 59.2 Å². The van der Waals surface area contributed by atoms with E-state index in [1.807, 2.05) is 48.5 Å². The molecule has 10 heteroatoms. The molecule has 12 rings (SSSR count). The molecule has 0 spiro atoms. The first kappa shape index (κ1) is 81.7. The third kappa shape index (κ3) is 18.1. The molecule has 1 aliphatic carbocycles. The fraction of sp³-hybridized carbons (Fsp3) is 0.412. The van der Waals surface area contributed by atoms with Gasteiger partial charge in [0, 0.05) is 51.4 Å². The molecule has 1 aliphatic heterocycles. The molecule has 0 saturated carbocycles. The van der Waals surface area contributed by atoms with Gasteiger partial charge in [0.25, 0.3) is 0 Å². The summed E-state index contributed by atoms with van der Waals surface area (Å²) >= 11 is 0. The van der Waals surface area contributed by atoms with Gasteiger partial charge in [-0.05, 0) is 212 Å². The van der Waals surface area contributed by atoms with E-state index < -0.39 is 0 Å². The maximum atomic E-state index is 13.4. The number of hydrogen-bond donors (Lipinski definition) is 6. The number of ether oxygens (including phenoxy) is 2. The van der Waals surface area contributed by atoms with Crippen molar-refractivity contribution in [1.82, 2.24) is 0 Å². The zero-order chi connectivity index (χ0) is 81.7. The van der Waals surface area contributed by atoms with Crippen molar-refractivity contribution in [3.05, 3.63) is 290 Å². The predicted molar refractivity (Wildman–Crippen MR) is 459 cm³/mol. The van der Waals surface area contributed by atoms with Crippen molar-refractivity contribution in [3.8, 4) is 46.0 Å². The van der Waals surface area contributed by atoms with Crippen LogP contribution in [0.3, 0.4) is 0 Å². The molecule has 6 N–H and O–H groups in total. The Hall–Kier alpha value is -9.80. The van der Waals surface area contributed by atoms with Crippen LogP contribution in [0.25, 0.3) is 0 Å². The highest BCUT2D eigenvalue weighted by Crippen LogP contribution is 2.48. The number of aromatic hydroxyl groups is 6. The summed E-state index contributed by atoms with van der Waals surface area (Å²) in [6.07, 6.45) is 1.81. The van der Waals surface area contributed by atoms with Crippen molar-refractivity contribution in [2.45, 2.75) is 274 Å². The second kappa shape index (κ2) is 29.9. The van der Waals surface area contributed by atoms with E-state index in [2.05, 4.69) is 263 Å². The minimum atomic E-state index is -0.385. The minimum Gasteiger partial charge on any atom is -0.507 e. The molecule has 588 valence electrons. The van der Waals surface area contributed by atoms with E-state index in [1.54, 1.807) is 0 Å². The molecule has 10 aromatic rings. The number of rotatable bonds is 0. The van der Waals surface area contributed by atoms with Crippen molar-refractivity contribution in [2.75, 3.05) is 0 Å². The van der Waals surface area contributed by atoms with Crippen LogP contribution < -0.4 is 9.47 Å². The standard InChI is InChI=1S/C102H122N2O8/c1-95(2,3)77-41-61-33-62-42-78(96(4,5)6)44-64(88(62)106)35-66-46-80(98(10,11)12)50-70(90(66)108)38-74-54-84(102(22,23)24)56-76-40-72-52-82(100(16,17)18)48-68(92(72)110)36-67-47-81(99(13,14)15)51-71(91(67)109)39-75-55-83(101(19,20)21)53-73(37-69-49-79(97(7,8)9)45-65(89(69)107)34-63(43-77)87(61)105)93(75)111-57-59-27-25-29-85(31-59)103-104-86-30-26-28-60(32-86)58-112-94(74)76/h25-32,41-56,105-110H,33-40,57-58H2,1-24H3. The fourth-order valence-corrected chi connectivity index (χ4v) is 15.5. The monoisotopic (exact) mass is 1500 g/mol. The summed E-state index contributed by atoms with van der Waals surface area (Å²) in [6.45, 7) is 52.8. The first-order valence-electron chi connectivity index (χ1n) is 40.2. The Morgan fingerprint density at radius 1 is 0.214 bits per heavy atom. The lowest BCUT2D eigenvalue weighted by Crippen LogP contribution is -2.16. The fourth-order valence-electron chi connectivity index (χ4n) is 15.5. The first-order chi connectivity index (χ1) is 51.9. The number of hydrogen-bond acceptors (Lipinski definition) is 10. The second-order valence-electron chi connectivity index (χ2n) is 40.6. The highest BCUT2D eigenvalue weighted by molar-refractivity contribution is 5.63. The SMILES string of the molecule is CC(C)(C)c1cc2c(O)c(c1)Cc1cc(C(C)(C)C)cc(c1O)Cc1cc(C(C)(C)C)cc3c1OCc1cccc(c1)N=Nc1cccc(c1)COc1c(cc(C(C)(C)C)cc1Cc1cc(C(C)(C)C)cc(c1O)Cc1cc(C(C)(C)C)cc(c1O)C3)Cc1cc(C(C)(C)C)cc(c1O)Cc1cc(C(C)(C)C)cc(c1O)C2. The Bertz CT molecular complexity index is 4990. The van der Waals surface area contributed by atoms with Gasteiger partial charge in [-0.3, -0.25) is 0 Å². The molecule has 112 heavy (non-hydrogen) atoms. The smallest absolute Gasteiger partial charge is 0.126 e. The third-order valence-electron chi connectivity index (χ3n) is 22.9. The van der Waals surface area contributed by atoms with Gasteiger partial charge >= 0.3 is 0 Å². The zero-order valence-electron chi connectivity index (χ0n) is 71.3. The van der Waals surface area contributed by atoms with E-state index in [9.17, 15) is 30.6 Å². The quantitative estimate of drug-likeness (QED) is 0.0874. The summed E-state index contributed by atoms with van der Waals surface area (Å²) in [5.41, 5.74) is 19.5. The Morgan fingerprint density at radius 3 is 0.527 bits per heavy atom. The average Bonchev–Trinajstić information content (AvgIpc) is 0.779. The Balaban J connectivity index is 1.20. The van der Waals surface area contributed by atoms with Crippen molar-refractivity contribution >= 4 is 11.4 Å². The maximum Gasteiger partial charge on any atom is 0.126 e. The van der Waals surface area contributed by atoms with E-state index in [4.69, 9.17) is 19.7 Å². The van der Waals surface area contributed by atoms with Crippen molar-refractivity contribution in [3.63, 3.8) is 0 Å². The summed E-state index contributed by atoms with van der Waals surface area (Å²) in [7, 11) is 0. The van der Waals surface area contributed by atoms with Crippen LogP contribution in [0.1, 0.15) is 311 Å². The van der Waals surface area contributed by atoms with E-state index >= 15 is 0 Å². The van der Waals surface area contributed by atoms with E-state index in [-0.39, 0.29) is 142 Å². The molecule has 0 fully saturated rings. The van der Waals surface area contributed by atoms with Gasteiger partial charge in [-0.2, -0.15) is 10.2 Å². The van der Waals surface area contributed by atoms with Gasteiger partial charge in [0.05, 0.1) is 11.4 Å². The van der Waals surface area contributed by atoms with E-state index in [1.165, 1.54) is 0 Å². The number of phenols is 6. The van der Waals surface area contributed by atoms with Gasteiger partial charge in [-0.25, -0.2) is 0 Å². The largest absolute Gasteiger partial charge is 0.507 e. The van der Waals surface area contributed by atoms with E-state index in [0.717, 1.165) is 77.9 Å². The van der Waals surface area contributed by atoms with Crippen molar-refractivity contribution in [2.24, 2.45) is 10.2 Å². The molecule has 0 aromatic heterocycles. The summed E-state index contributed by atoms with van der Waals surface area (Å²) in [6, 6.07) is 50.0. The molecule has 1 heterocycles. The molecule has 0 saturated heterocycles. The predicted octanol–water partition coefficient (Wildman–Crippen LogP) is 25.2. The van der Waals surface area contributed by atoms with Crippen LogP contribution in [-0.2, 0) is 108 Å². The summed E-state index contributed by atoms with van der Waals surface area (Å²) in [5.74, 6) is 1.91. The molecular formula is C102H122N2O8. The van der Waals surface area contributed by atoms with Crippen LogP contribution in [0.5, 0.6) is 46.0 Å². The van der Waals surface area contributed by atoms with Gasteiger partial charge in [-0.1, -0.05) is 287 Å². The lowest BCUT2D eigenvalue weighted by Gasteiger charge is -2.27. The topological polar surface area (TPSA) is 165 Å². The van der Waals surface area contributed by atoms with Gasteiger partial charge < -0.3 is 40.1 Å². The van der Waals surface area contributed by atoms with Gasteiger partial charge in [0.15, 0.2) is 0 Å². The van der Waals surface area contributed by atoms with Crippen LogP contribution in [-0.4, -0.2) is 30.6 Å². The summed E-state index contributed by atoms with van der Waals surface area (Å²) < 4.78 is 14.8. The molecule has 0 atom stereocenters. The zero-order valence-corrected chi connectivity index (χ0v) is 71.3. The van der Waals surface area contributed by atoms with Crippen LogP contribution in [0.2, 0.25) is 0 Å². The molecule has 22 bridgehead atoms. The highest BCUT2D eigenvalue weighted by Gasteiger charge is 2.33.